The molecule has 5 nitrogen and oxygen atoms in total. The topological polar surface area (TPSA) is 92.4 Å². The van der Waals surface area contributed by atoms with Crippen molar-refractivity contribution in [3.05, 3.63) is 35.9 Å². The molecule has 0 fully saturated rings. The van der Waals surface area contributed by atoms with E-state index < -0.39 is 24.0 Å². The van der Waals surface area contributed by atoms with E-state index in [1.165, 1.54) is 0 Å². The smallest absolute Gasteiger partial charge is 0.326 e. The van der Waals surface area contributed by atoms with Crippen molar-refractivity contribution in [2.45, 2.75) is 38.3 Å². The van der Waals surface area contributed by atoms with Crippen molar-refractivity contribution in [3.8, 4) is 0 Å². The number of nitrogens with one attached hydrogen (secondary N) is 1. The van der Waals surface area contributed by atoms with Crippen LogP contribution in [0.3, 0.4) is 0 Å². The van der Waals surface area contributed by atoms with Crippen LogP contribution in [0.25, 0.3) is 0 Å². The Hall–Kier alpha value is -1.88. The van der Waals surface area contributed by atoms with Gasteiger partial charge in [-0.2, -0.15) is 0 Å². The van der Waals surface area contributed by atoms with Gasteiger partial charge in [-0.3, -0.25) is 4.79 Å². The fourth-order valence-electron chi connectivity index (χ4n) is 1.79. The van der Waals surface area contributed by atoms with Gasteiger partial charge in [0.2, 0.25) is 5.91 Å². The highest BCUT2D eigenvalue weighted by atomic mass is 16.4. The van der Waals surface area contributed by atoms with Gasteiger partial charge in [-0.25, -0.2) is 4.79 Å². The van der Waals surface area contributed by atoms with Crippen LogP contribution in [-0.4, -0.2) is 29.1 Å². The first-order valence-electron chi connectivity index (χ1n) is 6.37. The standard InChI is InChI=1S/C14H20N2O3/c1-2-6-12(14(18)19)16-13(17)11(15)9-10-7-4-3-5-8-10/h3-5,7-8,11-12H,2,6,9,15H2,1H3,(H,16,17)(H,18,19)/t11?,12-/m0/s1. The van der Waals surface area contributed by atoms with Crippen LogP contribution >= 0.6 is 0 Å². The van der Waals surface area contributed by atoms with Crippen LogP contribution in [0.1, 0.15) is 25.3 Å². The SMILES string of the molecule is CCC[C@H](NC(=O)C(N)Cc1ccccc1)C(=O)O. The highest BCUT2D eigenvalue weighted by Crippen LogP contribution is 2.03. The van der Waals surface area contributed by atoms with E-state index in [-0.39, 0.29) is 0 Å². The number of benzene rings is 1. The van der Waals surface area contributed by atoms with Gasteiger partial charge >= 0.3 is 5.97 Å². The second kappa shape index (κ2) is 7.53. The van der Waals surface area contributed by atoms with Crippen molar-refractivity contribution in [2.75, 3.05) is 0 Å². The molecule has 0 bridgehead atoms. The lowest BCUT2D eigenvalue weighted by Gasteiger charge is -2.17. The molecule has 0 aliphatic rings. The van der Waals surface area contributed by atoms with Crippen molar-refractivity contribution in [2.24, 2.45) is 5.73 Å². The minimum atomic E-state index is -1.03. The lowest BCUT2D eigenvalue weighted by atomic mass is 10.1. The Morgan fingerprint density at radius 3 is 2.47 bits per heavy atom. The summed E-state index contributed by atoms with van der Waals surface area (Å²) in [6, 6.07) is 7.80. The first-order valence-corrected chi connectivity index (χ1v) is 6.37. The number of amides is 1. The Labute approximate surface area is 112 Å². The van der Waals surface area contributed by atoms with Gasteiger partial charge in [0.1, 0.15) is 6.04 Å². The van der Waals surface area contributed by atoms with Gasteiger partial charge in [0.05, 0.1) is 6.04 Å². The van der Waals surface area contributed by atoms with Gasteiger partial charge in [0.15, 0.2) is 0 Å². The van der Waals surface area contributed by atoms with E-state index in [0.29, 0.717) is 19.3 Å². The third-order valence-corrected chi connectivity index (χ3v) is 2.83. The number of nitrogens with two attached hydrogens (primary N) is 1. The molecule has 1 aromatic carbocycles. The third kappa shape index (κ3) is 5.09. The maximum atomic E-state index is 11.8. The Kier molecular flexibility index (Phi) is 6.02. The van der Waals surface area contributed by atoms with E-state index in [0.717, 1.165) is 5.56 Å². The van der Waals surface area contributed by atoms with Crippen molar-refractivity contribution < 1.29 is 14.7 Å². The second-order valence-electron chi connectivity index (χ2n) is 4.48. The maximum absolute atomic E-state index is 11.8. The van der Waals surface area contributed by atoms with Crippen LogP contribution in [0.15, 0.2) is 30.3 Å². The average molecular weight is 264 g/mol. The summed E-state index contributed by atoms with van der Waals surface area (Å²) in [5.41, 5.74) is 6.74. The Balaban J connectivity index is 2.54. The summed E-state index contributed by atoms with van der Waals surface area (Å²) in [7, 11) is 0. The van der Waals surface area contributed by atoms with Crippen molar-refractivity contribution in [3.63, 3.8) is 0 Å². The molecule has 4 N–H and O–H groups in total. The summed E-state index contributed by atoms with van der Waals surface area (Å²) < 4.78 is 0. The Bertz CT molecular complexity index is 420. The molecule has 0 radical (unpaired) electrons. The fourth-order valence-corrected chi connectivity index (χ4v) is 1.79. The van der Waals surface area contributed by atoms with Crippen molar-refractivity contribution in [1.82, 2.24) is 5.32 Å². The summed E-state index contributed by atoms with van der Waals surface area (Å²) in [4.78, 5) is 22.8. The Morgan fingerprint density at radius 2 is 1.95 bits per heavy atom. The third-order valence-electron chi connectivity index (χ3n) is 2.83. The van der Waals surface area contributed by atoms with Crippen LogP contribution in [0.2, 0.25) is 0 Å². The maximum Gasteiger partial charge on any atom is 0.326 e. The molecule has 2 atom stereocenters. The van der Waals surface area contributed by atoms with E-state index >= 15 is 0 Å². The molecular formula is C14H20N2O3. The fraction of sp³-hybridized carbons (Fsp3) is 0.429. The second-order valence-corrected chi connectivity index (χ2v) is 4.48. The van der Waals surface area contributed by atoms with E-state index in [1.54, 1.807) is 0 Å². The average Bonchev–Trinajstić information content (AvgIpc) is 2.39. The van der Waals surface area contributed by atoms with Crippen molar-refractivity contribution in [1.29, 1.82) is 0 Å². The van der Waals surface area contributed by atoms with E-state index in [4.69, 9.17) is 10.8 Å². The van der Waals surface area contributed by atoms with Gasteiger partial charge in [-0.15, -0.1) is 0 Å². The van der Waals surface area contributed by atoms with Crippen LogP contribution < -0.4 is 11.1 Å². The van der Waals surface area contributed by atoms with Crippen LogP contribution in [0.4, 0.5) is 0 Å². The largest absolute Gasteiger partial charge is 0.480 e. The monoisotopic (exact) mass is 264 g/mol. The van der Waals surface area contributed by atoms with Gasteiger partial charge in [-0.1, -0.05) is 43.7 Å². The van der Waals surface area contributed by atoms with Gasteiger partial charge < -0.3 is 16.2 Å². The normalized spacial score (nSPS) is 13.6. The summed E-state index contributed by atoms with van der Waals surface area (Å²) in [6.45, 7) is 1.87. The lowest BCUT2D eigenvalue weighted by molar-refractivity contribution is -0.142. The van der Waals surface area contributed by atoms with Gasteiger partial charge in [0, 0.05) is 0 Å². The molecule has 0 heterocycles. The number of aliphatic carboxylic acids is 1. The molecule has 0 spiro atoms. The van der Waals surface area contributed by atoms with Crippen molar-refractivity contribution >= 4 is 11.9 Å². The molecule has 0 aromatic heterocycles. The molecule has 0 saturated carbocycles. The van der Waals surface area contributed by atoms with Crippen LogP contribution in [-0.2, 0) is 16.0 Å². The zero-order chi connectivity index (χ0) is 14.3. The lowest BCUT2D eigenvalue weighted by Crippen LogP contribution is -2.49. The summed E-state index contributed by atoms with van der Waals surface area (Å²) in [6.07, 6.45) is 1.48. The van der Waals surface area contributed by atoms with Crippen LogP contribution in [0, 0.1) is 0 Å². The number of carbonyl (C=O) groups is 2. The van der Waals surface area contributed by atoms with E-state index in [9.17, 15) is 9.59 Å². The molecule has 19 heavy (non-hydrogen) atoms. The summed E-state index contributed by atoms with van der Waals surface area (Å²) in [5, 5.41) is 11.4. The van der Waals surface area contributed by atoms with E-state index in [2.05, 4.69) is 5.32 Å². The zero-order valence-electron chi connectivity index (χ0n) is 11.0. The predicted molar refractivity (Wildman–Crippen MR) is 72.6 cm³/mol. The minimum absolute atomic E-state index is 0.394. The molecule has 0 aliphatic carbocycles. The molecule has 1 amide bonds. The predicted octanol–water partition coefficient (Wildman–Crippen LogP) is 0.926. The number of carboxylic acid groups (broad SMARTS) is 1. The van der Waals surface area contributed by atoms with Gasteiger partial charge in [-0.05, 0) is 18.4 Å². The molecular weight excluding hydrogens is 244 g/mol. The molecule has 0 saturated heterocycles. The molecule has 0 aliphatic heterocycles. The first-order chi connectivity index (χ1) is 9.04. The molecule has 1 unspecified atom stereocenters. The molecule has 1 rings (SSSR count). The first kappa shape index (κ1) is 15.2. The quantitative estimate of drug-likeness (QED) is 0.683. The number of rotatable bonds is 7. The van der Waals surface area contributed by atoms with E-state index in [1.807, 2.05) is 37.3 Å². The molecule has 104 valence electrons. The van der Waals surface area contributed by atoms with Crippen LogP contribution in [0.5, 0.6) is 0 Å². The summed E-state index contributed by atoms with van der Waals surface area (Å²) >= 11 is 0. The minimum Gasteiger partial charge on any atom is -0.480 e. The highest BCUT2D eigenvalue weighted by molar-refractivity contribution is 5.86. The number of hydrogen-bond acceptors (Lipinski definition) is 3. The number of carboxylic acids is 1. The molecule has 5 heteroatoms. The number of hydrogen-bond donors (Lipinski definition) is 3. The number of carbonyl (C=O) groups excluding carboxylic acids is 1. The Morgan fingerprint density at radius 1 is 1.32 bits per heavy atom. The summed E-state index contributed by atoms with van der Waals surface area (Å²) in [5.74, 6) is -1.45. The highest BCUT2D eigenvalue weighted by Gasteiger charge is 2.22. The zero-order valence-corrected chi connectivity index (χ0v) is 11.0. The molecule has 1 aromatic rings. The van der Waals surface area contributed by atoms with Gasteiger partial charge in [0.25, 0.3) is 0 Å².